The van der Waals surface area contributed by atoms with E-state index in [0.29, 0.717) is 6.17 Å². The summed E-state index contributed by atoms with van der Waals surface area (Å²) >= 11 is 0. The van der Waals surface area contributed by atoms with E-state index in [4.69, 9.17) is 0 Å². The lowest BCUT2D eigenvalue weighted by Gasteiger charge is -2.38. The molecule has 0 aromatic carbocycles. The van der Waals surface area contributed by atoms with Crippen LogP contribution in [-0.4, -0.2) is 43.2 Å². The van der Waals surface area contributed by atoms with E-state index in [2.05, 4.69) is 43.0 Å². The maximum absolute atomic E-state index is 2.38. The first-order chi connectivity index (χ1) is 5.25. The molecule has 1 heterocycles. The molecule has 0 unspecified atom stereocenters. The number of rotatable bonds is 1. The molecule has 0 saturated carbocycles. The highest BCUT2D eigenvalue weighted by Gasteiger charge is 2.20. The molecule has 0 bridgehead atoms. The van der Waals surface area contributed by atoms with E-state index < -0.39 is 0 Å². The zero-order valence-corrected chi connectivity index (χ0v) is 7.75. The van der Waals surface area contributed by atoms with Crippen molar-refractivity contribution in [1.82, 2.24) is 9.80 Å². The standard InChI is InChI=1S/C9H18N2/c1-4-6-9-10(2)7-5-8-11(9)3/h4,6,9H,5,7-8H2,1-3H3/b6-4+. The van der Waals surface area contributed by atoms with Crippen LogP contribution in [0.2, 0.25) is 0 Å². The van der Waals surface area contributed by atoms with Gasteiger partial charge < -0.3 is 0 Å². The molecule has 0 radical (unpaired) electrons. The largest absolute Gasteiger partial charge is 0.288 e. The van der Waals surface area contributed by atoms with Crippen molar-refractivity contribution in [3.05, 3.63) is 12.2 Å². The molecule has 1 rings (SSSR count). The quantitative estimate of drug-likeness (QED) is 0.523. The van der Waals surface area contributed by atoms with Gasteiger partial charge >= 0.3 is 0 Å². The number of likely N-dealkylation sites (N-methyl/N-ethyl adjacent to an activating group) is 2. The molecule has 0 aromatic heterocycles. The summed E-state index contributed by atoms with van der Waals surface area (Å²) in [6.45, 7) is 4.52. The fourth-order valence-electron chi connectivity index (χ4n) is 1.64. The molecule has 0 amide bonds. The lowest BCUT2D eigenvalue weighted by molar-refractivity contribution is 0.0764. The van der Waals surface area contributed by atoms with Gasteiger partial charge in [-0.2, -0.15) is 0 Å². The summed E-state index contributed by atoms with van der Waals surface area (Å²) in [5.41, 5.74) is 0. The minimum absolute atomic E-state index is 0.522. The number of nitrogens with zero attached hydrogens (tertiary/aromatic N) is 2. The van der Waals surface area contributed by atoms with Crippen LogP contribution >= 0.6 is 0 Å². The molecule has 0 aliphatic carbocycles. The number of hydrogen-bond donors (Lipinski definition) is 0. The third-order valence-electron chi connectivity index (χ3n) is 2.29. The Labute approximate surface area is 69.5 Å². The van der Waals surface area contributed by atoms with E-state index in [1.807, 2.05) is 0 Å². The second-order valence-electron chi connectivity index (χ2n) is 3.25. The zero-order valence-electron chi connectivity index (χ0n) is 7.75. The Morgan fingerprint density at radius 3 is 2.18 bits per heavy atom. The highest BCUT2D eigenvalue weighted by Crippen LogP contribution is 2.10. The minimum Gasteiger partial charge on any atom is -0.288 e. The van der Waals surface area contributed by atoms with Crippen molar-refractivity contribution < 1.29 is 0 Å². The Morgan fingerprint density at radius 1 is 1.18 bits per heavy atom. The van der Waals surface area contributed by atoms with Gasteiger partial charge in [0, 0.05) is 13.1 Å². The van der Waals surface area contributed by atoms with Crippen LogP contribution in [-0.2, 0) is 0 Å². The Morgan fingerprint density at radius 2 is 1.73 bits per heavy atom. The van der Waals surface area contributed by atoms with E-state index >= 15 is 0 Å². The molecule has 1 aliphatic rings. The topological polar surface area (TPSA) is 6.48 Å². The van der Waals surface area contributed by atoms with Crippen LogP contribution in [0.25, 0.3) is 0 Å². The first-order valence-corrected chi connectivity index (χ1v) is 4.29. The molecule has 0 aromatic rings. The SMILES string of the molecule is C/C=C/C1N(C)CCCN1C. The van der Waals surface area contributed by atoms with Crippen LogP contribution in [0.15, 0.2) is 12.2 Å². The fraction of sp³-hybridized carbons (Fsp3) is 0.778. The Hall–Kier alpha value is -0.340. The van der Waals surface area contributed by atoms with Crippen molar-refractivity contribution >= 4 is 0 Å². The first kappa shape index (κ1) is 8.75. The molecule has 2 nitrogen and oxygen atoms in total. The summed E-state index contributed by atoms with van der Waals surface area (Å²) in [4.78, 5) is 4.76. The molecular formula is C9H18N2. The summed E-state index contributed by atoms with van der Waals surface area (Å²) in [6.07, 6.45) is 6.19. The van der Waals surface area contributed by atoms with Gasteiger partial charge in [0.2, 0.25) is 0 Å². The predicted octanol–water partition coefficient (Wildman–Crippen LogP) is 1.16. The molecule has 1 saturated heterocycles. The van der Waals surface area contributed by atoms with Crippen molar-refractivity contribution in [1.29, 1.82) is 0 Å². The molecule has 2 heteroatoms. The fourth-order valence-corrected chi connectivity index (χ4v) is 1.64. The van der Waals surface area contributed by atoms with Crippen molar-refractivity contribution in [2.24, 2.45) is 0 Å². The second-order valence-corrected chi connectivity index (χ2v) is 3.25. The first-order valence-electron chi connectivity index (χ1n) is 4.29. The van der Waals surface area contributed by atoms with Gasteiger partial charge in [0.25, 0.3) is 0 Å². The van der Waals surface area contributed by atoms with Gasteiger partial charge in [-0.3, -0.25) is 9.80 Å². The minimum atomic E-state index is 0.522. The smallest absolute Gasteiger partial charge is 0.0809 e. The van der Waals surface area contributed by atoms with Crippen molar-refractivity contribution in [2.75, 3.05) is 27.2 Å². The van der Waals surface area contributed by atoms with Gasteiger partial charge in [0.1, 0.15) is 0 Å². The van der Waals surface area contributed by atoms with E-state index in [1.54, 1.807) is 0 Å². The van der Waals surface area contributed by atoms with Gasteiger partial charge in [-0.25, -0.2) is 0 Å². The van der Waals surface area contributed by atoms with Gasteiger partial charge in [-0.05, 0) is 27.4 Å². The highest BCUT2D eigenvalue weighted by atomic mass is 15.3. The van der Waals surface area contributed by atoms with Crippen LogP contribution in [0.1, 0.15) is 13.3 Å². The second kappa shape index (κ2) is 3.88. The molecule has 11 heavy (non-hydrogen) atoms. The highest BCUT2D eigenvalue weighted by molar-refractivity contribution is 4.92. The van der Waals surface area contributed by atoms with Crippen molar-refractivity contribution in [2.45, 2.75) is 19.5 Å². The lowest BCUT2D eigenvalue weighted by atomic mass is 10.2. The zero-order chi connectivity index (χ0) is 8.27. The van der Waals surface area contributed by atoms with Crippen LogP contribution in [0.5, 0.6) is 0 Å². The lowest BCUT2D eigenvalue weighted by Crippen LogP contribution is -2.48. The monoisotopic (exact) mass is 154 g/mol. The Balaban J connectivity index is 2.55. The molecule has 0 N–H and O–H groups in total. The van der Waals surface area contributed by atoms with Gasteiger partial charge in [-0.1, -0.05) is 12.2 Å². The van der Waals surface area contributed by atoms with Crippen molar-refractivity contribution in [3.63, 3.8) is 0 Å². The molecule has 1 aliphatic heterocycles. The maximum Gasteiger partial charge on any atom is 0.0809 e. The van der Waals surface area contributed by atoms with Crippen molar-refractivity contribution in [3.8, 4) is 0 Å². The Kier molecular flexibility index (Phi) is 3.09. The molecule has 0 spiro atoms. The summed E-state index contributed by atoms with van der Waals surface area (Å²) < 4.78 is 0. The molecule has 1 fully saturated rings. The van der Waals surface area contributed by atoms with Gasteiger partial charge in [0.05, 0.1) is 6.17 Å². The predicted molar refractivity (Wildman–Crippen MR) is 48.5 cm³/mol. The van der Waals surface area contributed by atoms with Crippen LogP contribution in [0.3, 0.4) is 0 Å². The number of hydrogen-bond acceptors (Lipinski definition) is 2. The van der Waals surface area contributed by atoms with E-state index in [-0.39, 0.29) is 0 Å². The summed E-state index contributed by atoms with van der Waals surface area (Å²) in [5, 5.41) is 0. The van der Waals surface area contributed by atoms with E-state index in [1.165, 1.54) is 19.5 Å². The van der Waals surface area contributed by atoms with Gasteiger partial charge in [0.15, 0.2) is 0 Å². The Bertz CT molecular complexity index is 132. The summed E-state index contributed by atoms with van der Waals surface area (Å²) in [6, 6.07) is 0. The van der Waals surface area contributed by atoms with E-state index in [9.17, 15) is 0 Å². The average Bonchev–Trinajstić information content (AvgIpc) is 1.97. The third kappa shape index (κ3) is 2.04. The van der Waals surface area contributed by atoms with Crippen LogP contribution < -0.4 is 0 Å². The van der Waals surface area contributed by atoms with Crippen LogP contribution in [0.4, 0.5) is 0 Å². The number of allylic oxidation sites excluding steroid dienone is 1. The molecule has 64 valence electrons. The van der Waals surface area contributed by atoms with Gasteiger partial charge in [-0.15, -0.1) is 0 Å². The summed E-state index contributed by atoms with van der Waals surface area (Å²) in [7, 11) is 4.36. The average molecular weight is 154 g/mol. The summed E-state index contributed by atoms with van der Waals surface area (Å²) in [5.74, 6) is 0. The normalized spacial score (nSPS) is 25.0. The van der Waals surface area contributed by atoms with Crippen LogP contribution in [0, 0.1) is 0 Å². The third-order valence-corrected chi connectivity index (χ3v) is 2.29. The molecule has 0 atom stereocenters. The van der Waals surface area contributed by atoms with E-state index in [0.717, 1.165) is 0 Å². The maximum atomic E-state index is 2.38. The molecular weight excluding hydrogens is 136 g/mol.